The van der Waals surface area contributed by atoms with Crippen molar-refractivity contribution in [2.45, 2.75) is 51.7 Å². The fourth-order valence-corrected chi connectivity index (χ4v) is 2.20. The summed E-state index contributed by atoms with van der Waals surface area (Å²) in [4.78, 5) is 18.9. The normalized spacial score (nSPS) is 14.2. The van der Waals surface area contributed by atoms with Crippen molar-refractivity contribution in [1.82, 2.24) is 9.88 Å². The van der Waals surface area contributed by atoms with E-state index in [0.29, 0.717) is 29.9 Å². The molecule has 0 bridgehead atoms. The number of carbonyl (C=O) groups excluding carboxylic acids is 1. The topological polar surface area (TPSA) is 83.9 Å². The largest absolute Gasteiger partial charge is 0.476 e. The molecule has 0 saturated heterocycles. The van der Waals surface area contributed by atoms with E-state index in [2.05, 4.69) is 10.3 Å². The molecule has 1 aromatic rings. The molecule has 2 N–H and O–H groups in total. The lowest BCUT2D eigenvalue weighted by Gasteiger charge is -2.27. The fraction of sp³-hybridized carbons (Fsp3) is 0.684. The molecule has 0 unspecified atom stereocenters. The highest BCUT2D eigenvalue weighted by molar-refractivity contribution is 5.90. The van der Waals surface area contributed by atoms with Crippen LogP contribution < -0.4 is 10.1 Å². The number of aliphatic hydroxyl groups is 1. The Labute approximate surface area is 156 Å². The number of pyridine rings is 1. The summed E-state index contributed by atoms with van der Waals surface area (Å²) in [6.45, 7) is 6.86. The second kappa shape index (κ2) is 10.3. The van der Waals surface area contributed by atoms with E-state index in [0.717, 1.165) is 26.5 Å². The number of aromatic nitrogens is 1. The van der Waals surface area contributed by atoms with Gasteiger partial charge in [0.1, 0.15) is 18.0 Å². The molecular weight excluding hydrogens is 334 g/mol. The number of esters is 1. The molecule has 1 aliphatic rings. The van der Waals surface area contributed by atoms with Gasteiger partial charge < -0.3 is 24.8 Å². The standard InChI is InChI=1S/C18H29N3O3.CH4O/c1-18(2,3)24-17(22)13-11-15(19-14-7-6-8-14)20-16(12-13)23-10-9-21(4)5;1-2/h11-12,14H,6-10H2,1-5H3,(H,19,20);2H,1H3. The maximum absolute atomic E-state index is 12.4. The van der Waals surface area contributed by atoms with Crippen molar-refractivity contribution in [3.63, 3.8) is 0 Å². The molecule has 0 radical (unpaired) electrons. The highest BCUT2D eigenvalue weighted by Gasteiger charge is 2.22. The van der Waals surface area contributed by atoms with Crippen LogP contribution in [-0.4, -0.2) is 67.0 Å². The van der Waals surface area contributed by atoms with Crippen molar-refractivity contribution >= 4 is 11.8 Å². The van der Waals surface area contributed by atoms with Crippen LogP contribution in [0.15, 0.2) is 12.1 Å². The first kappa shape index (κ1) is 22.2. The van der Waals surface area contributed by atoms with E-state index < -0.39 is 5.60 Å². The highest BCUT2D eigenvalue weighted by Crippen LogP contribution is 2.25. The SMILES string of the molecule is CN(C)CCOc1cc(C(=O)OC(C)(C)C)cc(NC2CCC2)n1.CO. The Balaban J connectivity index is 0.00000163. The summed E-state index contributed by atoms with van der Waals surface area (Å²) in [5.41, 5.74) is -0.0741. The number of carbonyl (C=O) groups is 1. The Hall–Kier alpha value is -1.86. The number of anilines is 1. The lowest BCUT2D eigenvalue weighted by atomic mass is 9.93. The van der Waals surface area contributed by atoms with Crippen LogP contribution in [0.25, 0.3) is 0 Å². The van der Waals surface area contributed by atoms with Gasteiger partial charge in [0.15, 0.2) is 0 Å². The van der Waals surface area contributed by atoms with E-state index in [9.17, 15) is 4.79 Å². The highest BCUT2D eigenvalue weighted by atomic mass is 16.6. The number of nitrogens with one attached hydrogen (secondary N) is 1. The summed E-state index contributed by atoms with van der Waals surface area (Å²) in [7, 11) is 4.97. The molecule has 0 spiro atoms. The van der Waals surface area contributed by atoms with Gasteiger partial charge >= 0.3 is 5.97 Å². The number of rotatable bonds is 7. The van der Waals surface area contributed by atoms with Gasteiger partial charge in [0.25, 0.3) is 0 Å². The third-order valence-electron chi connectivity index (χ3n) is 3.68. The van der Waals surface area contributed by atoms with Crippen LogP contribution in [-0.2, 0) is 4.74 Å². The Morgan fingerprint density at radius 1 is 1.31 bits per heavy atom. The molecule has 1 aromatic heterocycles. The third kappa shape index (κ3) is 8.01. The van der Waals surface area contributed by atoms with E-state index in [4.69, 9.17) is 14.6 Å². The quantitative estimate of drug-likeness (QED) is 0.717. The molecule has 7 heteroatoms. The van der Waals surface area contributed by atoms with Crippen molar-refractivity contribution in [3.8, 4) is 5.88 Å². The lowest BCUT2D eigenvalue weighted by Crippen LogP contribution is -2.28. The summed E-state index contributed by atoms with van der Waals surface area (Å²) in [6, 6.07) is 3.82. The zero-order valence-electron chi connectivity index (χ0n) is 16.8. The lowest BCUT2D eigenvalue weighted by molar-refractivity contribution is 0.00689. The van der Waals surface area contributed by atoms with Crippen LogP contribution in [0.5, 0.6) is 5.88 Å². The van der Waals surface area contributed by atoms with E-state index in [1.807, 2.05) is 39.8 Å². The van der Waals surface area contributed by atoms with Crippen molar-refractivity contribution < 1.29 is 19.4 Å². The Bertz CT molecular complexity index is 566. The van der Waals surface area contributed by atoms with E-state index in [1.54, 1.807) is 12.1 Å². The maximum Gasteiger partial charge on any atom is 0.338 e. The van der Waals surface area contributed by atoms with Crippen molar-refractivity contribution in [1.29, 1.82) is 0 Å². The van der Waals surface area contributed by atoms with Gasteiger partial charge in [0.05, 0.1) is 5.56 Å². The van der Waals surface area contributed by atoms with Crippen molar-refractivity contribution in [2.24, 2.45) is 0 Å². The number of hydrogen-bond acceptors (Lipinski definition) is 7. The van der Waals surface area contributed by atoms with Gasteiger partial charge in [-0.1, -0.05) is 0 Å². The maximum atomic E-state index is 12.4. The Morgan fingerprint density at radius 3 is 2.46 bits per heavy atom. The van der Waals surface area contributed by atoms with Crippen LogP contribution in [0.1, 0.15) is 50.4 Å². The molecule has 0 amide bonds. The minimum atomic E-state index is -0.534. The second-order valence-electron chi connectivity index (χ2n) is 7.51. The molecule has 1 saturated carbocycles. The zero-order chi connectivity index (χ0) is 19.7. The summed E-state index contributed by atoms with van der Waals surface area (Å²) in [5.74, 6) is 0.754. The molecule has 1 heterocycles. The van der Waals surface area contributed by atoms with Crippen molar-refractivity contribution in [3.05, 3.63) is 17.7 Å². The number of likely N-dealkylation sites (N-methyl/N-ethyl adjacent to an activating group) is 1. The second-order valence-corrected chi connectivity index (χ2v) is 7.51. The Kier molecular flexibility index (Phi) is 8.81. The molecule has 0 aromatic carbocycles. The summed E-state index contributed by atoms with van der Waals surface area (Å²) < 4.78 is 11.2. The Morgan fingerprint density at radius 2 is 1.96 bits per heavy atom. The van der Waals surface area contributed by atoms with Crippen LogP contribution in [0.2, 0.25) is 0 Å². The number of hydrogen-bond donors (Lipinski definition) is 2. The molecular formula is C19H33N3O4. The number of aliphatic hydroxyl groups excluding tert-OH is 1. The minimum Gasteiger partial charge on any atom is -0.476 e. The predicted molar refractivity (Wildman–Crippen MR) is 103 cm³/mol. The van der Waals surface area contributed by atoms with E-state index in [1.165, 1.54) is 6.42 Å². The van der Waals surface area contributed by atoms with E-state index >= 15 is 0 Å². The average molecular weight is 367 g/mol. The molecule has 148 valence electrons. The summed E-state index contributed by atoms with van der Waals surface area (Å²) in [5, 5.41) is 10.4. The summed E-state index contributed by atoms with van der Waals surface area (Å²) >= 11 is 0. The first-order valence-electron chi connectivity index (χ1n) is 8.97. The van der Waals surface area contributed by atoms with Crippen molar-refractivity contribution in [2.75, 3.05) is 39.7 Å². The third-order valence-corrected chi connectivity index (χ3v) is 3.68. The summed E-state index contributed by atoms with van der Waals surface area (Å²) in [6.07, 6.45) is 3.50. The predicted octanol–water partition coefficient (Wildman–Crippen LogP) is 2.55. The smallest absolute Gasteiger partial charge is 0.338 e. The first-order chi connectivity index (χ1) is 12.2. The molecule has 1 fully saturated rings. The van der Waals surface area contributed by atoms with Gasteiger partial charge in [0.2, 0.25) is 5.88 Å². The van der Waals surface area contributed by atoms with Gasteiger partial charge in [-0.2, -0.15) is 4.98 Å². The van der Waals surface area contributed by atoms with Crippen LogP contribution >= 0.6 is 0 Å². The molecule has 2 rings (SSSR count). The average Bonchev–Trinajstić information content (AvgIpc) is 2.51. The number of ether oxygens (including phenoxy) is 2. The molecule has 1 aliphatic carbocycles. The molecule has 26 heavy (non-hydrogen) atoms. The van der Waals surface area contributed by atoms with Gasteiger partial charge in [0, 0.05) is 25.8 Å². The molecule has 0 aliphatic heterocycles. The zero-order valence-corrected chi connectivity index (χ0v) is 16.8. The molecule has 0 atom stereocenters. The van der Waals surface area contributed by atoms with Crippen LogP contribution in [0.3, 0.4) is 0 Å². The number of nitrogens with zero attached hydrogens (tertiary/aromatic N) is 2. The monoisotopic (exact) mass is 367 g/mol. The van der Waals surface area contributed by atoms with E-state index in [-0.39, 0.29) is 5.97 Å². The van der Waals surface area contributed by atoms with Crippen LogP contribution in [0, 0.1) is 0 Å². The van der Waals surface area contributed by atoms with Gasteiger partial charge in [-0.05, 0) is 60.2 Å². The minimum absolute atomic E-state index is 0.362. The fourth-order valence-electron chi connectivity index (χ4n) is 2.20. The van der Waals surface area contributed by atoms with Gasteiger partial charge in [-0.3, -0.25) is 0 Å². The van der Waals surface area contributed by atoms with Crippen LogP contribution in [0.4, 0.5) is 5.82 Å². The van der Waals surface area contributed by atoms with Gasteiger partial charge in [-0.15, -0.1) is 0 Å². The molecule has 7 nitrogen and oxygen atoms in total. The van der Waals surface area contributed by atoms with Gasteiger partial charge in [-0.25, -0.2) is 4.79 Å². The first-order valence-corrected chi connectivity index (χ1v) is 8.97.